The van der Waals surface area contributed by atoms with E-state index in [0.717, 1.165) is 5.56 Å². The first-order valence-corrected chi connectivity index (χ1v) is 5.42. The molecule has 0 bridgehead atoms. The Hall–Kier alpha value is -2.36. The van der Waals surface area contributed by atoms with E-state index < -0.39 is 5.91 Å². The molecule has 3 nitrogen and oxygen atoms in total. The molecular weight excluding hydrogens is 233 g/mol. The fraction of sp³-hybridized carbons (Fsp3) is 0.0714. The SMILES string of the molecule is NC(=O)c1ccc(OCc2cccc(F)c2)cc1. The van der Waals surface area contributed by atoms with E-state index in [9.17, 15) is 9.18 Å². The molecule has 0 spiro atoms. The molecule has 0 saturated heterocycles. The molecule has 0 aliphatic carbocycles. The van der Waals surface area contributed by atoms with Crippen molar-refractivity contribution in [1.82, 2.24) is 0 Å². The van der Waals surface area contributed by atoms with Crippen molar-refractivity contribution in [2.75, 3.05) is 0 Å². The second kappa shape index (κ2) is 5.31. The summed E-state index contributed by atoms with van der Waals surface area (Å²) >= 11 is 0. The smallest absolute Gasteiger partial charge is 0.248 e. The van der Waals surface area contributed by atoms with E-state index in [1.54, 1.807) is 36.4 Å². The van der Waals surface area contributed by atoms with Crippen molar-refractivity contribution in [2.24, 2.45) is 5.73 Å². The summed E-state index contributed by atoms with van der Waals surface area (Å²) in [6, 6.07) is 12.7. The Morgan fingerprint density at radius 1 is 1.17 bits per heavy atom. The van der Waals surface area contributed by atoms with Gasteiger partial charge in [0, 0.05) is 5.56 Å². The number of benzene rings is 2. The Balaban J connectivity index is 2.00. The molecule has 0 aliphatic heterocycles. The largest absolute Gasteiger partial charge is 0.489 e. The topological polar surface area (TPSA) is 52.3 Å². The van der Waals surface area contributed by atoms with E-state index in [1.165, 1.54) is 12.1 Å². The second-order valence-electron chi connectivity index (χ2n) is 3.81. The summed E-state index contributed by atoms with van der Waals surface area (Å²) < 4.78 is 18.4. The molecule has 18 heavy (non-hydrogen) atoms. The van der Waals surface area contributed by atoms with Crippen molar-refractivity contribution in [2.45, 2.75) is 6.61 Å². The highest BCUT2D eigenvalue weighted by molar-refractivity contribution is 5.92. The molecule has 92 valence electrons. The lowest BCUT2D eigenvalue weighted by molar-refractivity contribution is 0.100. The molecule has 2 rings (SSSR count). The lowest BCUT2D eigenvalue weighted by Crippen LogP contribution is -2.10. The maximum atomic E-state index is 12.9. The Morgan fingerprint density at radius 3 is 2.50 bits per heavy atom. The molecule has 0 fully saturated rings. The van der Waals surface area contributed by atoms with Gasteiger partial charge >= 0.3 is 0 Å². The van der Waals surface area contributed by atoms with E-state index in [1.807, 2.05) is 0 Å². The van der Waals surface area contributed by atoms with Crippen LogP contribution < -0.4 is 10.5 Å². The summed E-state index contributed by atoms with van der Waals surface area (Å²) in [4.78, 5) is 10.9. The van der Waals surface area contributed by atoms with Crippen LogP contribution in [0.25, 0.3) is 0 Å². The normalized spacial score (nSPS) is 10.1. The molecule has 2 aromatic carbocycles. The van der Waals surface area contributed by atoms with Crippen LogP contribution in [-0.4, -0.2) is 5.91 Å². The molecule has 0 radical (unpaired) electrons. The fourth-order valence-corrected chi connectivity index (χ4v) is 1.51. The number of ether oxygens (including phenoxy) is 1. The van der Waals surface area contributed by atoms with Crippen molar-refractivity contribution in [3.8, 4) is 5.75 Å². The Labute approximate surface area is 104 Å². The van der Waals surface area contributed by atoms with Gasteiger partial charge in [0.2, 0.25) is 5.91 Å². The highest BCUT2D eigenvalue weighted by Crippen LogP contribution is 2.14. The number of carbonyl (C=O) groups is 1. The van der Waals surface area contributed by atoms with Crippen LogP contribution in [0.2, 0.25) is 0 Å². The maximum Gasteiger partial charge on any atom is 0.248 e. The zero-order valence-electron chi connectivity index (χ0n) is 9.60. The Morgan fingerprint density at radius 2 is 1.89 bits per heavy atom. The minimum absolute atomic E-state index is 0.272. The van der Waals surface area contributed by atoms with Crippen LogP contribution in [0.3, 0.4) is 0 Å². The van der Waals surface area contributed by atoms with Gasteiger partial charge in [-0.05, 0) is 42.0 Å². The third-order valence-corrected chi connectivity index (χ3v) is 2.43. The molecule has 4 heteroatoms. The van der Waals surface area contributed by atoms with Crippen LogP contribution in [-0.2, 0) is 6.61 Å². The summed E-state index contributed by atoms with van der Waals surface area (Å²) in [5.74, 6) is -0.170. The molecule has 2 N–H and O–H groups in total. The van der Waals surface area contributed by atoms with Crippen molar-refractivity contribution in [1.29, 1.82) is 0 Å². The van der Waals surface area contributed by atoms with Crippen LogP contribution in [0.4, 0.5) is 4.39 Å². The quantitative estimate of drug-likeness (QED) is 0.899. The van der Waals surface area contributed by atoms with Gasteiger partial charge in [0.1, 0.15) is 18.2 Å². The zero-order chi connectivity index (χ0) is 13.0. The fourth-order valence-electron chi connectivity index (χ4n) is 1.51. The lowest BCUT2D eigenvalue weighted by Gasteiger charge is -2.06. The molecule has 0 aliphatic rings. The minimum atomic E-state index is -0.480. The Kier molecular flexibility index (Phi) is 3.57. The first-order valence-electron chi connectivity index (χ1n) is 5.42. The summed E-state index contributed by atoms with van der Waals surface area (Å²) in [5, 5.41) is 0. The first kappa shape index (κ1) is 12.1. The summed E-state index contributed by atoms with van der Waals surface area (Å²) in [6.07, 6.45) is 0. The van der Waals surface area contributed by atoms with Gasteiger partial charge in [0.25, 0.3) is 0 Å². The standard InChI is InChI=1S/C14H12FNO2/c15-12-3-1-2-10(8-12)9-18-13-6-4-11(5-7-13)14(16)17/h1-8H,9H2,(H2,16,17). The van der Waals surface area contributed by atoms with Crippen molar-refractivity contribution >= 4 is 5.91 Å². The number of hydrogen-bond acceptors (Lipinski definition) is 2. The van der Waals surface area contributed by atoms with Gasteiger partial charge in [-0.3, -0.25) is 4.79 Å². The van der Waals surface area contributed by atoms with E-state index in [2.05, 4.69) is 0 Å². The summed E-state index contributed by atoms with van der Waals surface area (Å²) in [6.45, 7) is 0.272. The molecule has 2 aromatic rings. The molecule has 0 unspecified atom stereocenters. The molecule has 0 aromatic heterocycles. The Bertz CT molecular complexity index is 552. The highest BCUT2D eigenvalue weighted by Gasteiger charge is 2.01. The van der Waals surface area contributed by atoms with Crippen LogP contribution in [0.5, 0.6) is 5.75 Å². The van der Waals surface area contributed by atoms with Crippen LogP contribution >= 0.6 is 0 Å². The summed E-state index contributed by atoms with van der Waals surface area (Å²) in [7, 11) is 0. The number of amides is 1. The van der Waals surface area contributed by atoms with Gasteiger partial charge in [0.05, 0.1) is 0 Å². The zero-order valence-corrected chi connectivity index (χ0v) is 9.60. The average molecular weight is 245 g/mol. The lowest BCUT2D eigenvalue weighted by atomic mass is 10.2. The van der Waals surface area contributed by atoms with Crippen LogP contribution in [0, 0.1) is 5.82 Å². The van der Waals surface area contributed by atoms with Crippen LogP contribution in [0.1, 0.15) is 15.9 Å². The monoisotopic (exact) mass is 245 g/mol. The number of nitrogens with two attached hydrogens (primary N) is 1. The third kappa shape index (κ3) is 3.07. The number of hydrogen-bond donors (Lipinski definition) is 1. The average Bonchev–Trinajstić information content (AvgIpc) is 2.37. The van der Waals surface area contributed by atoms with E-state index in [0.29, 0.717) is 11.3 Å². The van der Waals surface area contributed by atoms with Gasteiger partial charge in [-0.1, -0.05) is 12.1 Å². The van der Waals surface area contributed by atoms with Crippen molar-refractivity contribution in [3.05, 3.63) is 65.5 Å². The van der Waals surface area contributed by atoms with Crippen molar-refractivity contribution < 1.29 is 13.9 Å². The van der Waals surface area contributed by atoms with Gasteiger partial charge < -0.3 is 10.5 Å². The molecule has 0 heterocycles. The molecular formula is C14H12FNO2. The maximum absolute atomic E-state index is 12.9. The minimum Gasteiger partial charge on any atom is -0.489 e. The van der Waals surface area contributed by atoms with Gasteiger partial charge in [-0.2, -0.15) is 0 Å². The molecule has 0 saturated carbocycles. The van der Waals surface area contributed by atoms with Gasteiger partial charge in [0.15, 0.2) is 0 Å². The number of primary amides is 1. The third-order valence-electron chi connectivity index (χ3n) is 2.43. The van der Waals surface area contributed by atoms with Gasteiger partial charge in [-0.25, -0.2) is 4.39 Å². The van der Waals surface area contributed by atoms with Crippen molar-refractivity contribution in [3.63, 3.8) is 0 Å². The highest BCUT2D eigenvalue weighted by atomic mass is 19.1. The number of halogens is 1. The van der Waals surface area contributed by atoms with E-state index in [-0.39, 0.29) is 12.4 Å². The van der Waals surface area contributed by atoms with Gasteiger partial charge in [-0.15, -0.1) is 0 Å². The first-order chi connectivity index (χ1) is 8.65. The van der Waals surface area contributed by atoms with E-state index >= 15 is 0 Å². The molecule has 0 atom stereocenters. The predicted octanol–water partition coefficient (Wildman–Crippen LogP) is 2.50. The predicted molar refractivity (Wildman–Crippen MR) is 65.7 cm³/mol. The second-order valence-corrected chi connectivity index (χ2v) is 3.81. The summed E-state index contributed by atoms with van der Waals surface area (Å²) in [5.41, 5.74) is 6.29. The van der Waals surface area contributed by atoms with Crippen LogP contribution in [0.15, 0.2) is 48.5 Å². The van der Waals surface area contributed by atoms with E-state index in [4.69, 9.17) is 10.5 Å². The number of carbonyl (C=O) groups excluding carboxylic acids is 1. The number of rotatable bonds is 4. The molecule has 1 amide bonds.